The van der Waals surface area contributed by atoms with Crippen molar-refractivity contribution < 1.29 is 14.5 Å². The molecule has 3 aromatic rings. The van der Waals surface area contributed by atoms with Gasteiger partial charge in [-0.3, -0.25) is 19.7 Å². The Balaban J connectivity index is 1.83. The van der Waals surface area contributed by atoms with Gasteiger partial charge >= 0.3 is 0 Å². The maximum absolute atomic E-state index is 12.2. The molecule has 0 saturated heterocycles. The van der Waals surface area contributed by atoms with Crippen molar-refractivity contribution in [2.45, 2.75) is 6.54 Å². The number of rotatable bonds is 5. The van der Waals surface area contributed by atoms with Gasteiger partial charge in [0.25, 0.3) is 17.4 Å². The lowest BCUT2D eigenvalue weighted by molar-refractivity contribution is -0.384. The van der Waals surface area contributed by atoms with E-state index in [0.29, 0.717) is 16.7 Å². The van der Waals surface area contributed by atoms with Gasteiger partial charge in [0.1, 0.15) is 5.82 Å². The predicted molar refractivity (Wildman–Crippen MR) is 79.7 cm³/mol. The van der Waals surface area contributed by atoms with Crippen LogP contribution in [0.5, 0.6) is 0 Å². The van der Waals surface area contributed by atoms with E-state index < -0.39 is 16.6 Å². The number of ketones is 1. The molecule has 0 saturated carbocycles. The average Bonchev–Trinajstić information content (AvgIpc) is 3.20. The van der Waals surface area contributed by atoms with Crippen molar-refractivity contribution in [2.75, 3.05) is 0 Å². The number of amides is 1. The van der Waals surface area contributed by atoms with Crippen molar-refractivity contribution in [1.29, 1.82) is 0 Å². The first-order valence-corrected chi connectivity index (χ1v) is 6.62. The minimum atomic E-state index is -0.811. The van der Waals surface area contributed by atoms with Crippen LogP contribution in [0.4, 0.5) is 5.69 Å². The van der Waals surface area contributed by atoms with Gasteiger partial charge < -0.3 is 15.3 Å². The maximum Gasteiger partial charge on any atom is 0.292 e. The van der Waals surface area contributed by atoms with Gasteiger partial charge in [0, 0.05) is 41.6 Å². The highest BCUT2D eigenvalue weighted by molar-refractivity contribution is 6.44. The zero-order valence-electron chi connectivity index (χ0n) is 11.7. The second-order valence-corrected chi connectivity index (χ2v) is 4.74. The molecule has 9 nitrogen and oxygen atoms in total. The number of nitrogens with one attached hydrogen (secondary N) is 3. The van der Waals surface area contributed by atoms with Crippen molar-refractivity contribution in [2.24, 2.45) is 0 Å². The zero-order chi connectivity index (χ0) is 16.4. The van der Waals surface area contributed by atoms with E-state index in [2.05, 4.69) is 20.3 Å². The summed E-state index contributed by atoms with van der Waals surface area (Å²) in [6.45, 7) is 0.0834. The van der Waals surface area contributed by atoms with Gasteiger partial charge in [0.2, 0.25) is 0 Å². The summed E-state index contributed by atoms with van der Waals surface area (Å²) >= 11 is 0. The SMILES string of the molecule is O=C(NCc1ncc[nH]1)C(=O)c1c[nH]c2ccc([N+](=O)[O-])cc12. The number of Topliss-reactive ketones (excluding diaryl/α,β-unsaturated/α-hetero) is 1. The Hall–Kier alpha value is -3.49. The van der Waals surface area contributed by atoms with Crippen LogP contribution < -0.4 is 5.32 Å². The van der Waals surface area contributed by atoms with Crippen LogP contribution in [0.2, 0.25) is 0 Å². The number of nitro groups is 1. The van der Waals surface area contributed by atoms with Crippen LogP contribution in [0.3, 0.4) is 0 Å². The van der Waals surface area contributed by atoms with Crippen molar-refractivity contribution in [1.82, 2.24) is 20.3 Å². The van der Waals surface area contributed by atoms with Gasteiger partial charge in [-0.05, 0) is 6.07 Å². The number of aromatic nitrogens is 3. The first-order valence-electron chi connectivity index (χ1n) is 6.62. The lowest BCUT2D eigenvalue weighted by Crippen LogP contribution is -2.30. The number of nitro benzene ring substituents is 1. The molecule has 1 aromatic carbocycles. The first-order chi connectivity index (χ1) is 11.1. The van der Waals surface area contributed by atoms with Crippen molar-refractivity contribution >= 4 is 28.3 Å². The molecule has 0 atom stereocenters. The fourth-order valence-corrected chi connectivity index (χ4v) is 2.17. The molecule has 0 aliphatic rings. The first kappa shape index (κ1) is 14.4. The fourth-order valence-electron chi connectivity index (χ4n) is 2.17. The molecular weight excluding hydrogens is 302 g/mol. The summed E-state index contributed by atoms with van der Waals surface area (Å²) in [7, 11) is 0. The highest BCUT2D eigenvalue weighted by Crippen LogP contribution is 2.24. The molecule has 0 aliphatic heterocycles. The minimum absolute atomic E-state index is 0.0834. The fraction of sp³-hybridized carbons (Fsp3) is 0.0714. The second-order valence-electron chi connectivity index (χ2n) is 4.74. The maximum atomic E-state index is 12.2. The largest absolute Gasteiger partial charge is 0.360 e. The number of aromatic amines is 2. The van der Waals surface area contributed by atoms with E-state index in [1.807, 2.05) is 0 Å². The Morgan fingerprint density at radius 1 is 1.30 bits per heavy atom. The molecule has 0 spiro atoms. The van der Waals surface area contributed by atoms with Crippen LogP contribution in [0.15, 0.2) is 36.8 Å². The average molecular weight is 313 g/mol. The Labute approximate surface area is 128 Å². The van der Waals surface area contributed by atoms with E-state index in [4.69, 9.17) is 0 Å². The molecule has 9 heteroatoms. The summed E-state index contributed by atoms with van der Waals surface area (Å²) < 4.78 is 0. The predicted octanol–water partition coefficient (Wildman–Crippen LogP) is 1.30. The molecule has 3 rings (SSSR count). The third kappa shape index (κ3) is 2.79. The Morgan fingerprint density at radius 2 is 2.13 bits per heavy atom. The van der Waals surface area contributed by atoms with Crippen LogP contribution in [0.25, 0.3) is 10.9 Å². The quantitative estimate of drug-likeness (QED) is 0.282. The van der Waals surface area contributed by atoms with Crippen molar-refractivity contribution in [3.63, 3.8) is 0 Å². The topological polar surface area (TPSA) is 134 Å². The van der Waals surface area contributed by atoms with E-state index >= 15 is 0 Å². The van der Waals surface area contributed by atoms with Gasteiger partial charge in [-0.2, -0.15) is 0 Å². The number of non-ortho nitro benzene ring substituents is 1. The zero-order valence-corrected chi connectivity index (χ0v) is 11.7. The highest BCUT2D eigenvalue weighted by Gasteiger charge is 2.21. The highest BCUT2D eigenvalue weighted by atomic mass is 16.6. The molecule has 0 bridgehead atoms. The van der Waals surface area contributed by atoms with Crippen LogP contribution in [-0.4, -0.2) is 31.6 Å². The molecule has 0 radical (unpaired) electrons. The van der Waals surface area contributed by atoms with E-state index in [1.165, 1.54) is 30.6 Å². The monoisotopic (exact) mass is 313 g/mol. The molecule has 2 heterocycles. The number of carbonyl (C=O) groups is 2. The van der Waals surface area contributed by atoms with Crippen LogP contribution in [0.1, 0.15) is 16.2 Å². The lowest BCUT2D eigenvalue weighted by atomic mass is 10.1. The molecule has 23 heavy (non-hydrogen) atoms. The standard InChI is InChI=1S/C14H11N5O4/c20-13(14(21)18-7-12-15-3-4-16-12)10-6-17-11-2-1-8(19(22)23)5-9(10)11/h1-6,17H,7H2,(H,15,16)(H,18,21). The number of hydrogen-bond acceptors (Lipinski definition) is 5. The van der Waals surface area contributed by atoms with Gasteiger partial charge in [-0.15, -0.1) is 0 Å². The molecule has 2 aromatic heterocycles. The Morgan fingerprint density at radius 3 is 2.83 bits per heavy atom. The summed E-state index contributed by atoms with van der Waals surface area (Å²) in [6, 6.07) is 4.08. The summed E-state index contributed by atoms with van der Waals surface area (Å²) in [5, 5.41) is 13.6. The summed E-state index contributed by atoms with van der Waals surface area (Å²) in [6.07, 6.45) is 4.49. The van der Waals surface area contributed by atoms with Gasteiger partial charge in [-0.1, -0.05) is 0 Å². The number of carbonyl (C=O) groups excluding carboxylic acids is 2. The smallest absolute Gasteiger partial charge is 0.292 e. The number of benzene rings is 1. The summed E-state index contributed by atoms with van der Waals surface area (Å²) in [5.74, 6) is -1.07. The van der Waals surface area contributed by atoms with Gasteiger partial charge in [0.15, 0.2) is 0 Å². The van der Waals surface area contributed by atoms with E-state index in [0.717, 1.165) is 0 Å². The number of hydrogen-bond donors (Lipinski definition) is 3. The molecule has 3 N–H and O–H groups in total. The molecule has 0 aliphatic carbocycles. The minimum Gasteiger partial charge on any atom is -0.360 e. The van der Waals surface area contributed by atoms with Crippen molar-refractivity contribution in [3.8, 4) is 0 Å². The van der Waals surface area contributed by atoms with Gasteiger partial charge in [0.05, 0.1) is 17.0 Å². The van der Waals surface area contributed by atoms with Crippen LogP contribution in [0, 0.1) is 10.1 Å². The number of imidazole rings is 1. The summed E-state index contributed by atoms with van der Waals surface area (Å²) in [4.78, 5) is 44.0. The van der Waals surface area contributed by atoms with Crippen molar-refractivity contribution in [3.05, 3.63) is 58.3 Å². The molecule has 1 amide bonds. The molecular formula is C14H11N5O4. The molecule has 0 fully saturated rings. The number of fused-ring (bicyclic) bond motifs is 1. The van der Waals surface area contributed by atoms with Gasteiger partial charge in [-0.25, -0.2) is 4.98 Å². The second kappa shape index (κ2) is 5.72. The number of H-pyrrole nitrogens is 2. The third-order valence-corrected chi connectivity index (χ3v) is 3.30. The molecule has 0 unspecified atom stereocenters. The Kier molecular flexibility index (Phi) is 3.59. The lowest BCUT2D eigenvalue weighted by Gasteiger charge is -2.02. The third-order valence-electron chi connectivity index (χ3n) is 3.30. The van der Waals surface area contributed by atoms with Crippen LogP contribution >= 0.6 is 0 Å². The Bertz CT molecular complexity index is 897. The van der Waals surface area contributed by atoms with E-state index in [9.17, 15) is 19.7 Å². The van der Waals surface area contributed by atoms with E-state index in [-0.39, 0.29) is 17.8 Å². The van der Waals surface area contributed by atoms with E-state index in [1.54, 1.807) is 6.20 Å². The number of nitrogens with zero attached hydrogens (tertiary/aromatic N) is 2. The normalized spacial score (nSPS) is 10.6. The summed E-state index contributed by atoms with van der Waals surface area (Å²) in [5.41, 5.74) is 0.473. The molecule has 116 valence electrons. The van der Waals surface area contributed by atoms with Crippen LogP contribution in [-0.2, 0) is 11.3 Å².